The number of carbonyl (C=O) groups excluding carboxylic acids is 3. The van der Waals surface area contributed by atoms with Gasteiger partial charge in [0.25, 0.3) is 0 Å². The Morgan fingerprint density at radius 2 is 1.97 bits per heavy atom. The van der Waals surface area contributed by atoms with Crippen LogP contribution in [0.5, 0.6) is 0 Å². The van der Waals surface area contributed by atoms with Crippen LogP contribution in [0.2, 0.25) is 0 Å². The first kappa shape index (κ1) is 20.6. The summed E-state index contributed by atoms with van der Waals surface area (Å²) in [4.78, 5) is 50.3. The molecule has 30 heavy (non-hydrogen) atoms. The molecule has 0 amide bonds. The molecule has 2 aliphatic carbocycles. The fraction of sp³-hybridized carbons (Fsp3) is 0.636. The number of fused-ring (bicyclic) bond motifs is 3. The summed E-state index contributed by atoms with van der Waals surface area (Å²) < 4.78 is 16.0. The number of carbonyl (C=O) groups is 4. The number of cyclic esters (lactones) is 1. The molecule has 4 rings (SSSR count). The number of carboxylic acid groups (broad SMARTS) is 1. The van der Waals surface area contributed by atoms with Crippen molar-refractivity contribution in [2.24, 2.45) is 28.6 Å². The molecule has 1 aliphatic heterocycles. The number of aliphatic carboxylic acids is 1. The Balaban J connectivity index is 1.79. The molecule has 8 nitrogen and oxygen atoms in total. The predicted octanol–water partition coefficient (Wildman–Crippen LogP) is 2.91. The van der Waals surface area contributed by atoms with Crippen LogP contribution in [-0.2, 0) is 28.7 Å². The quantitative estimate of drug-likeness (QED) is 0.744. The average molecular weight is 418 g/mol. The molecule has 7 atom stereocenters. The third-order valence-corrected chi connectivity index (χ3v) is 7.62. The van der Waals surface area contributed by atoms with Gasteiger partial charge in [0.05, 0.1) is 24.4 Å². The summed E-state index contributed by atoms with van der Waals surface area (Å²) in [5.41, 5.74) is -0.970. The van der Waals surface area contributed by atoms with Gasteiger partial charge in [-0.25, -0.2) is 0 Å². The van der Waals surface area contributed by atoms with E-state index in [4.69, 9.17) is 13.9 Å². The highest BCUT2D eigenvalue weighted by Crippen LogP contribution is 2.65. The van der Waals surface area contributed by atoms with Crippen LogP contribution in [0, 0.1) is 28.6 Å². The van der Waals surface area contributed by atoms with Gasteiger partial charge < -0.3 is 19.0 Å². The van der Waals surface area contributed by atoms with Crippen LogP contribution >= 0.6 is 0 Å². The molecule has 162 valence electrons. The monoisotopic (exact) mass is 418 g/mol. The summed E-state index contributed by atoms with van der Waals surface area (Å²) in [5.74, 6) is -4.44. The predicted molar refractivity (Wildman–Crippen MR) is 101 cm³/mol. The first-order valence-corrected chi connectivity index (χ1v) is 10.2. The van der Waals surface area contributed by atoms with Crippen molar-refractivity contribution in [3.8, 4) is 0 Å². The summed E-state index contributed by atoms with van der Waals surface area (Å²) in [6, 6.07) is 1.72. The Labute approximate surface area is 173 Å². The number of Topliss-reactive ketones (excluding diaryl/α,β-unsaturated/α-hetero) is 1. The van der Waals surface area contributed by atoms with Gasteiger partial charge in [-0.2, -0.15) is 0 Å². The van der Waals surface area contributed by atoms with Crippen LogP contribution in [-0.4, -0.2) is 34.9 Å². The third kappa shape index (κ3) is 2.96. The number of hydrogen-bond donors (Lipinski definition) is 1. The van der Waals surface area contributed by atoms with Crippen molar-refractivity contribution in [3.63, 3.8) is 0 Å². The zero-order valence-corrected chi connectivity index (χ0v) is 17.3. The van der Waals surface area contributed by atoms with E-state index in [1.165, 1.54) is 19.5 Å². The maximum absolute atomic E-state index is 13.6. The van der Waals surface area contributed by atoms with E-state index in [0.717, 1.165) is 0 Å². The van der Waals surface area contributed by atoms with Crippen LogP contribution < -0.4 is 0 Å². The summed E-state index contributed by atoms with van der Waals surface area (Å²) in [6.45, 7) is 4.90. The first-order chi connectivity index (χ1) is 14.1. The molecule has 3 aliphatic rings. The number of furan rings is 1. The van der Waals surface area contributed by atoms with Gasteiger partial charge in [-0.1, -0.05) is 13.8 Å². The molecule has 0 unspecified atom stereocenters. The topological polar surface area (TPSA) is 120 Å². The van der Waals surface area contributed by atoms with Crippen LogP contribution in [0.3, 0.4) is 0 Å². The van der Waals surface area contributed by atoms with Crippen molar-refractivity contribution >= 4 is 23.7 Å². The van der Waals surface area contributed by atoms with Crippen molar-refractivity contribution in [2.45, 2.75) is 58.7 Å². The highest BCUT2D eigenvalue weighted by molar-refractivity contribution is 5.93. The van der Waals surface area contributed by atoms with Crippen LogP contribution in [0.4, 0.5) is 0 Å². The lowest BCUT2D eigenvalue weighted by Gasteiger charge is -2.60. The Morgan fingerprint density at radius 3 is 2.57 bits per heavy atom. The molecule has 0 aromatic carbocycles. The molecule has 1 aromatic rings. The summed E-state index contributed by atoms with van der Waals surface area (Å²) in [7, 11) is 0. The third-order valence-electron chi connectivity index (χ3n) is 7.62. The minimum Gasteiger partial charge on any atom is -0.481 e. The number of rotatable bonds is 3. The molecule has 2 heterocycles. The molecule has 3 fully saturated rings. The maximum atomic E-state index is 13.6. The molecule has 0 spiro atoms. The fourth-order valence-electron chi connectivity index (χ4n) is 6.34. The Morgan fingerprint density at radius 1 is 1.23 bits per heavy atom. The van der Waals surface area contributed by atoms with Gasteiger partial charge in [-0.15, -0.1) is 0 Å². The zero-order chi connectivity index (χ0) is 21.8. The molecule has 0 bridgehead atoms. The van der Waals surface area contributed by atoms with Crippen molar-refractivity contribution < 1.29 is 38.2 Å². The van der Waals surface area contributed by atoms with E-state index in [2.05, 4.69) is 0 Å². The Kier molecular flexibility index (Phi) is 4.78. The lowest BCUT2D eigenvalue weighted by atomic mass is 9.43. The second kappa shape index (κ2) is 6.96. The zero-order valence-electron chi connectivity index (χ0n) is 17.3. The minimum atomic E-state index is -1.12. The summed E-state index contributed by atoms with van der Waals surface area (Å²) >= 11 is 0. The van der Waals surface area contributed by atoms with E-state index in [-0.39, 0.29) is 18.2 Å². The molecule has 2 saturated carbocycles. The number of ketones is 1. The second-order valence-electron chi connectivity index (χ2n) is 9.35. The molecular weight excluding hydrogens is 392 g/mol. The van der Waals surface area contributed by atoms with Crippen LogP contribution in [0.25, 0.3) is 0 Å². The highest BCUT2D eigenvalue weighted by Gasteiger charge is 2.67. The van der Waals surface area contributed by atoms with Gasteiger partial charge in [0.2, 0.25) is 0 Å². The molecule has 1 saturated heterocycles. The minimum absolute atomic E-state index is 0.0445. The molecule has 8 heteroatoms. The van der Waals surface area contributed by atoms with Gasteiger partial charge in [0.1, 0.15) is 6.10 Å². The largest absolute Gasteiger partial charge is 0.481 e. The van der Waals surface area contributed by atoms with E-state index in [9.17, 15) is 24.3 Å². The maximum Gasteiger partial charge on any atom is 0.310 e. The van der Waals surface area contributed by atoms with Gasteiger partial charge in [0, 0.05) is 24.8 Å². The van der Waals surface area contributed by atoms with Crippen LogP contribution in [0.1, 0.15) is 58.1 Å². The van der Waals surface area contributed by atoms with E-state index in [0.29, 0.717) is 24.8 Å². The highest BCUT2D eigenvalue weighted by atomic mass is 16.6. The SMILES string of the molecule is CC(=O)O[C@H]1C[C@@H](C(=O)O)[C@]2(C)CC[C@H]3C(=O)O[C@H](c4ccoc4)C[C@]3(C)[C@H]2C1=O. The van der Waals surface area contributed by atoms with Gasteiger partial charge in [-0.3, -0.25) is 19.2 Å². The normalized spacial score (nSPS) is 40.7. The standard InChI is InChI=1S/C22H26O8/c1-11(23)29-15-8-14(19(25)26)21(2)6-4-13-20(27)30-16(12-5-7-28-10-12)9-22(13,3)18(21)17(15)24/h5,7,10,13-16,18H,4,6,8-9H2,1-3H3,(H,25,26)/t13-,14-,15-,16-,18-,21-,22-/m0/s1. The molecular formula is C22H26O8. The molecule has 1 aromatic heterocycles. The molecule has 1 N–H and O–H groups in total. The summed E-state index contributed by atoms with van der Waals surface area (Å²) in [5, 5.41) is 9.96. The van der Waals surface area contributed by atoms with Gasteiger partial charge in [0.15, 0.2) is 11.9 Å². The van der Waals surface area contributed by atoms with E-state index in [1.54, 1.807) is 6.07 Å². The number of hydrogen-bond acceptors (Lipinski definition) is 7. The smallest absolute Gasteiger partial charge is 0.310 e. The average Bonchev–Trinajstić information content (AvgIpc) is 3.17. The van der Waals surface area contributed by atoms with Crippen molar-refractivity contribution in [1.29, 1.82) is 0 Å². The number of carboxylic acids is 1. The fourth-order valence-corrected chi connectivity index (χ4v) is 6.34. The second-order valence-corrected chi connectivity index (χ2v) is 9.35. The Bertz CT molecular complexity index is 889. The van der Waals surface area contributed by atoms with Crippen LogP contribution in [0.15, 0.2) is 23.0 Å². The van der Waals surface area contributed by atoms with E-state index >= 15 is 0 Å². The molecule has 0 radical (unpaired) electrons. The van der Waals surface area contributed by atoms with Gasteiger partial charge in [-0.05, 0) is 36.2 Å². The Hall–Kier alpha value is -2.64. The first-order valence-electron chi connectivity index (χ1n) is 10.2. The van der Waals surface area contributed by atoms with E-state index < -0.39 is 52.7 Å². The van der Waals surface area contributed by atoms with Crippen molar-refractivity contribution in [2.75, 3.05) is 0 Å². The lowest BCUT2D eigenvalue weighted by molar-refractivity contribution is -0.209. The number of ether oxygens (including phenoxy) is 2. The van der Waals surface area contributed by atoms with E-state index in [1.807, 2.05) is 13.8 Å². The lowest BCUT2D eigenvalue weighted by Crippen LogP contribution is -2.64. The van der Waals surface area contributed by atoms with Gasteiger partial charge >= 0.3 is 17.9 Å². The van der Waals surface area contributed by atoms with Crippen molar-refractivity contribution in [3.05, 3.63) is 24.2 Å². The van der Waals surface area contributed by atoms with Crippen molar-refractivity contribution in [1.82, 2.24) is 0 Å². The number of esters is 2. The summed E-state index contributed by atoms with van der Waals surface area (Å²) in [6.07, 6.45) is 2.49.